The van der Waals surface area contributed by atoms with Crippen LogP contribution in [0.5, 0.6) is 11.5 Å². The van der Waals surface area contributed by atoms with Crippen LogP contribution in [-0.4, -0.2) is 42.3 Å². The van der Waals surface area contributed by atoms with Gasteiger partial charge in [0.15, 0.2) is 23.8 Å². The van der Waals surface area contributed by atoms with Crippen LogP contribution in [-0.2, 0) is 13.0 Å². The first-order valence-corrected chi connectivity index (χ1v) is 16.5. The second-order valence-corrected chi connectivity index (χ2v) is 11.6. The lowest BCUT2D eigenvalue weighted by Gasteiger charge is -2.23. The van der Waals surface area contributed by atoms with Gasteiger partial charge in [-0.15, -0.1) is 0 Å². The van der Waals surface area contributed by atoms with E-state index in [0.717, 1.165) is 68.6 Å². The van der Waals surface area contributed by atoms with Crippen molar-refractivity contribution in [3.63, 3.8) is 0 Å². The Morgan fingerprint density at radius 1 is 0.805 bits per heavy atom. The highest BCUT2D eigenvalue weighted by Gasteiger charge is 2.30. The van der Waals surface area contributed by atoms with Crippen molar-refractivity contribution in [2.75, 3.05) is 26.9 Å². The smallest absolute Gasteiger partial charge is 0.184 e. The van der Waals surface area contributed by atoms with Gasteiger partial charge >= 0.3 is 0 Å². The van der Waals surface area contributed by atoms with Crippen LogP contribution in [0.1, 0.15) is 126 Å². The van der Waals surface area contributed by atoms with Gasteiger partial charge in [-0.3, -0.25) is 0 Å². The van der Waals surface area contributed by atoms with Crippen LogP contribution in [0.4, 0.5) is 4.39 Å². The van der Waals surface area contributed by atoms with E-state index in [1.54, 1.807) is 19.2 Å². The lowest BCUT2D eigenvalue weighted by atomic mass is 9.91. The maximum absolute atomic E-state index is 14.6. The third kappa shape index (κ3) is 11.1. The molecule has 5 heteroatoms. The Labute approximate surface area is 249 Å². The summed E-state index contributed by atoms with van der Waals surface area (Å²) < 4.78 is 29.2. The van der Waals surface area contributed by atoms with Gasteiger partial charge in [-0.25, -0.2) is 8.97 Å². The van der Waals surface area contributed by atoms with E-state index in [2.05, 4.69) is 17.6 Å². The van der Waals surface area contributed by atoms with Crippen molar-refractivity contribution >= 4 is 5.71 Å². The molecule has 4 nitrogen and oxygen atoms in total. The molecule has 0 amide bonds. The first kappa shape index (κ1) is 33.1. The molecule has 228 valence electrons. The fraction of sp³-hybridized carbons (Fsp3) is 0.639. The Morgan fingerprint density at radius 3 is 2.15 bits per heavy atom. The zero-order valence-electron chi connectivity index (χ0n) is 25.9. The predicted octanol–water partition coefficient (Wildman–Crippen LogP) is 9.02. The van der Waals surface area contributed by atoms with Crippen LogP contribution in [0, 0.1) is 5.82 Å². The van der Waals surface area contributed by atoms with Crippen LogP contribution < -0.4 is 9.47 Å². The van der Waals surface area contributed by atoms with Crippen molar-refractivity contribution in [1.29, 1.82) is 0 Å². The van der Waals surface area contributed by atoms with Crippen molar-refractivity contribution in [1.82, 2.24) is 0 Å². The summed E-state index contributed by atoms with van der Waals surface area (Å²) in [4.78, 5) is 0. The molecule has 0 aromatic heterocycles. The fourth-order valence-corrected chi connectivity index (χ4v) is 5.99. The van der Waals surface area contributed by atoms with Gasteiger partial charge in [0.05, 0.1) is 19.3 Å². The maximum atomic E-state index is 14.6. The lowest BCUT2D eigenvalue weighted by Crippen LogP contribution is -2.30. The number of rotatable bonds is 22. The number of fused-ring (bicyclic) bond motifs is 1. The van der Waals surface area contributed by atoms with Crippen molar-refractivity contribution in [2.45, 2.75) is 123 Å². The Bertz CT molecular complexity index is 1050. The highest BCUT2D eigenvalue weighted by Crippen LogP contribution is 2.37. The summed E-state index contributed by atoms with van der Waals surface area (Å²) in [5.41, 5.74) is 4.55. The second-order valence-electron chi connectivity index (χ2n) is 11.6. The molecule has 41 heavy (non-hydrogen) atoms. The third-order valence-corrected chi connectivity index (χ3v) is 8.40. The minimum atomic E-state index is -0.129. The quantitative estimate of drug-likeness (QED) is 0.114. The molecule has 0 saturated heterocycles. The SMILES string of the molecule is CCCCCCCCCCCC1=[N+](Cc2ccccc2F)CCc2c1ccc(OC)c2OCCCCCCCCO. The molecule has 3 rings (SSSR count). The van der Waals surface area contributed by atoms with E-state index in [1.807, 2.05) is 18.2 Å². The van der Waals surface area contributed by atoms with E-state index >= 15 is 0 Å². The standard InChI is InChI=1S/C36H55FNO3/c1-3-4-5-6-7-8-9-12-15-22-34-31-23-24-35(40-2)36(41-28-19-14-11-10-13-18-27-39)32(31)25-26-38(34)29-30-20-16-17-21-33(30)37/h16-17,20-21,23-24,39H,3-15,18-19,22,25-29H2,1-2H3/q+1. The zero-order valence-corrected chi connectivity index (χ0v) is 25.9. The van der Waals surface area contributed by atoms with Crippen LogP contribution in [0.2, 0.25) is 0 Å². The van der Waals surface area contributed by atoms with Crippen molar-refractivity contribution in [3.8, 4) is 11.5 Å². The highest BCUT2D eigenvalue weighted by molar-refractivity contribution is 5.99. The van der Waals surface area contributed by atoms with Gasteiger partial charge in [0.2, 0.25) is 0 Å². The van der Waals surface area contributed by atoms with E-state index in [4.69, 9.17) is 14.6 Å². The van der Waals surface area contributed by atoms with Crippen molar-refractivity contribution in [2.24, 2.45) is 0 Å². The number of nitrogens with zero attached hydrogens (tertiary/aromatic N) is 1. The first-order valence-electron chi connectivity index (χ1n) is 16.5. The minimum Gasteiger partial charge on any atom is -0.493 e. The van der Waals surface area contributed by atoms with Crippen LogP contribution in [0.25, 0.3) is 0 Å². The molecule has 0 fully saturated rings. The van der Waals surface area contributed by atoms with E-state index in [-0.39, 0.29) is 12.4 Å². The largest absolute Gasteiger partial charge is 0.493 e. The second kappa shape index (κ2) is 19.7. The molecule has 2 aromatic carbocycles. The van der Waals surface area contributed by atoms with Crippen molar-refractivity contribution in [3.05, 3.63) is 58.9 Å². The van der Waals surface area contributed by atoms with Gasteiger partial charge < -0.3 is 14.6 Å². The number of hydrogen-bond donors (Lipinski definition) is 1. The molecule has 1 heterocycles. The summed E-state index contributed by atoms with van der Waals surface area (Å²) in [7, 11) is 1.72. The number of benzene rings is 2. The number of aliphatic hydroxyl groups excluding tert-OH is 1. The highest BCUT2D eigenvalue weighted by atomic mass is 19.1. The Kier molecular flexibility index (Phi) is 15.9. The molecule has 0 unspecified atom stereocenters. The fourth-order valence-electron chi connectivity index (χ4n) is 5.99. The number of hydrogen-bond acceptors (Lipinski definition) is 3. The summed E-state index contributed by atoms with van der Waals surface area (Å²) in [5.74, 6) is 1.56. The average Bonchev–Trinajstić information content (AvgIpc) is 2.99. The molecular weight excluding hydrogens is 513 g/mol. The van der Waals surface area contributed by atoms with Gasteiger partial charge in [-0.2, -0.15) is 0 Å². The monoisotopic (exact) mass is 568 g/mol. The number of methoxy groups -OCH3 is 1. The molecule has 0 spiro atoms. The summed E-state index contributed by atoms with van der Waals surface area (Å²) in [6, 6.07) is 11.4. The molecule has 0 bridgehead atoms. The van der Waals surface area contributed by atoms with Crippen molar-refractivity contribution < 1.29 is 23.5 Å². The topological polar surface area (TPSA) is 41.7 Å². The van der Waals surface area contributed by atoms with E-state index in [0.29, 0.717) is 13.2 Å². The summed E-state index contributed by atoms with van der Waals surface area (Å²) in [5, 5.41) is 8.96. The number of unbranched alkanes of at least 4 members (excludes halogenated alkanes) is 13. The number of halogens is 1. The Hall–Kier alpha value is -2.40. The lowest BCUT2D eigenvalue weighted by molar-refractivity contribution is -0.546. The molecule has 2 aromatic rings. The molecule has 0 saturated carbocycles. The normalized spacial score (nSPS) is 13.0. The average molecular weight is 569 g/mol. The zero-order chi connectivity index (χ0) is 29.1. The summed E-state index contributed by atoms with van der Waals surface area (Å²) in [6.07, 6.45) is 20.1. The predicted molar refractivity (Wildman–Crippen MR) is 168 cm³/mol. The molecule has 1 aliphatic heterocycles. The van der Waals surface area contributed by atoms with E-state index in [9.17, 15) is 4.39 Å². The van der Waals surface area contributed by atoms with Crippen LogP contribution in [0.3, 0.4) is 0 Å². The summed E-state index contributed by atoms with van der Waals surface area (Å²) >= 11 is 0. The van der Waals surface area contributed by atoms with E-state index < -0.39 is 0 Å². The van der Waals surface area contributed by atoms with Gasteiger partial charge in [-0.1, -0.05) is 96.1 Å². The molecule has 1 aliphatic rings. The van der Waals surface area contributed by atoms with E-state index in [1.165, 1.54) is 81.0 Å². The molecule has 0 atom stereocenters. The van der Waals surface area contributed by atoms with Gasteiger partial charge in [0.1, 0.15) is 12.4 Å². The Balaban J connectivity index is 1.70. The van der Waals surface area contributed by atoms with Gasteiger partial charge in [0.25, 0.3) is 0 Å². The molecular formula is C36H55FNO3+. The number of ether oxygens (including phenoxy) is 2. The third-order valence-electron chi connectivity index (χ3n) is 8.40. The van der Waals surface area contributed by atoms with Crippen LogP contribution in [0.15, 0.2) is 36.4 Å². The van der Waals surface area contributed by atoms with Gasteiger partial charge in [-0.05, 0) is 43.5 Å². The van der Waals surface area contributed by atoms with Crippen LogP contribution >= 0.6 is 0 Å². The maximum Gasteiger partial charge on any atom is 0.184 e. The molecule has 0 radical (unpaired) electrons. The molecule has 0 aliphatic carbocycles. The summed E-state index contributed by atoms with van der Waals surface area (Å²) in [6.45, 7) is 4.68. The number of aliphatic hydroxyl groups is 1. The Morgan fingerprint density at radius 2 is 1.46 bits per heavy atom. The minimum absolute atomic E-state index is 0.129. The first-order chi connectivity index (χ1) is 20.2. The van der Waals surface area contributed by atoms with Gasteiger partial charge in [0, 0.05) is 30.6 Å². The molecule has 1 N–H and O–H groups in total.